The van der Waals surface area contributed by atoms with Crippen LogP contribution < -0.4 is 5.32 Å². The van der Waals surface area contributed by atoms with Crippen molar-refractivity contribution in [3.63, 3.8) is 0 Å². The van der Waals surface area contributed by atoms with E-state index in [0.717, 1.165) is 18.8 Å². The summed E-state index contributed by atoms with van der Waals surface area (Å²) in [6.45, 7) is 4.15. The van der Waals surface area contributed by atoms with Gasteiger partial charge in [0.25, 0.3) is 0 Å². The summed E-state index contributed by atoms with van der Waals surface area (Å²) in [6, 6.07) is 3.60. The maximum Gasteiger partial charge on any atom is 0.322 e. The Kier molecular flexibility index (Phi) is 3.26. The van der Waals surface area contributed by atoms with E-state index < -0.39 is 12.0 Å². The van der Waals surface area contributed by atoms with Gasteiger partial charge in [0, 0.05) is 37.6 Å². The lowest BCUT2D eigenvalue weighted by molar-refractivity contribution is -0.145. The number of aliphatic carboxylic acids is 1. The molecule has 0 radical (unpaired) electrons. The summed E-state index contributed by atoms with van der Waals surface area (Å²) in [6.07, 6.45) is 1.86. The van der Waals surface area contributed by atoms with Crippen LogP contribution in [0.4, 0.5) is 0 Å². The van der Waals surface area contributed by atoms with E-state index >= 15 is 0 Å². The third-order valence-corrected chi connectivity index (χ3v) is 3.14. The van der Waals surface area contributed by atoms with Gasteiger partial charge in [-0.3, -0.25) is 9.69 Å². The predicted octanol–water partition coefficient (Wildman–Crippen LogP) is 0.434. The second kappa shape index (κ2) is 4.67. The molecule has 2 rings (SSSR count). The first-order valence-electron chi connectivity index (χ1n) is 5.52. The zero-order valence-electron chi connectivity index (χ0n) is 9.31. The molecule has 0 saturated carbocycles. The predicted molar refractivity (Wildman–Crippen MR) is 60.2 cm³/mol. The highest BCUT2D eigenvalue weighted by atomic mass is 16.4. The molecule has 1 fully saturated rings. The van der Waals surface area contributed by atoms with Crippen molar-refractivity contribution in [2.24, 2.45) is 0 Å². The van der Waals surface area contributed by atoms with Gasteiger partial charge < -0.3 is 15.4 Å². The van der Waals surface area contributed by atoms with E-state index in [0.29, 0.717) is 6.54 Å². The maximum absolute atomic E-state index is 11.1. The van der Waals surface area contributed by atoms with E-state index in [9.17, 15) is 4.79 Å². The second-order valence-electron chi connectivity index (χ2n) is 4.10. The largest absolute Gasteiger partial charge is 0.480 e. The first kappa shape index (κ1) is 11.2. The van der Waals surface area contributed by atoms with Crippen LogP contribution in [0.1, 0.15) is 18.7 Å². The Balaban J connectivity index is 2.14. The number of aromatic nitrogens is 1. The Morgan fingerprint density at radius 3 is 3.12 bits per heavy atom. The summed E-state index contributed by atoms with van der Waals surface area (Å²) in [5, 5.41) is 12.3. The first-order chi connectivity index (χ1) is 7.70. The van der Waals surface area contributed by atoms with E-state index in [1.807, 2.05) is 30.2 Å². The topological polar surface area (TPSA) is 68.4 Å². The number of nitrogens with one attached hydrogen (secondary N) is 2. The number of carboxylic acid groups (broad SMARTS) is 1. The highest BCUT2D eigenvalue weighted by molar-refractivity contribution is 5.74. The highest BCUT2D eigenvalue weighted by Gasteiger charge is 2.32. The van der Waals surface area contributed by atoms with Gasteiger partial charge in [0.1, 0.15) is 6.04 Å². The van der Waals surface area contributed by atoms with Crippen molar-refractivity contribution in [3.05, 3.63) is 24.0 Å². The fourth-order valence-electron chi connectivity index (χ4n) is 2.20. The number of nitrogens with zero attached hydrogens (tertiary/aromatic N) is 1. The standard InChI is InChI=1S/C11H17N3O2/c1-8(9-3-2-4-13-9)14-6-5-12-7-10(14)11(15)16/h2-4,8,10,12-13H,5-7H2,1H3,(H,15,16)/t8-,10+/m0/s1. The maximum atomic E-state index is 11.1. The molecule has 3 N–H and O–H groups in total. The fourth-order valence-corrected chi connectivity index (χ4v) is 2.20. The van der Waals surface area contributed by atoms with Gasteiger partial charge in [0.2, 0.25) is 0 Å². The SMILES string of the molecule is C[C@@H](c1ccc[nH]1)N1CCNC[C@@H]1C(=O)O. The van der Waals surface area contributed by atoms with Crippen molar-refractivity contribution in [3.8, 4) is 0 Å². The van der Waals surface area contributed by atoms with Crippen LogP contribution in [0.15, 0.2) is 18.3 Å². The molecule has 1 aliphatic rings. The van der Waals surface area contributed by atoms with Crippen molar-refractivity contribution in [1.29, 1.82) is 0 Å². The zero-order chi connectivity index (χ0) is 11.5. The summed E-state index contributed by atoms with van der Waals surface area (Å²) in [5.74, 6) is -0.759. The number of piperazine rings is 1. The van der Waals surface area contributed by atoms with E-state index in [1.165, 1.54) is 0 Å². The van der Waals surface area contributed by atoms with Crippen LogP contribution in [0.2, 0.25) is 0 Å². The molecule has 1 aromatic heterocycles. The Morgan fingerprint density at radius 1 is 1.69 bits per heavy atom. The second-order valence-corrected chi connectivity index (χ2v) is 4.10. The lowest BCUT2D eigenvalue weighted by Crippen LogP contribution is -2.55. The van der Waals surface area contributed by atoms with E-state index in [2.05, 4.69) is 10.3 Å². The molecule has 0 aromatic carbocycles. The Morgan fingerprint density at radius 2 is 2.50 bits per heavy atom. The lowest BCUT2D eigenvalue weighted by Gasteiger charge is -2.37. The lowest BCUT2D eigenvalue weighted by atomic mass is 10.1. The van der Waals surface area contributed by atoms with Gasteiger partial charge in [-0.25, -0.2) is 0 Å². The average Bonchev–Trinajstić information content (AvgIpc) is 2.81. The minimum absolute atomic E-state index is 0.109. The summed E-state index contributed by atoms with van der Waals surface area (Å²) >= 11 is 0. The normalized spacial score (nSPS) is 24.2. The van der Waals surface area contributed by atoms with Crippen molar-refractivity contribution in [2.75, 3.05) is 19.6 Å². The summed E-state index contributed by atoms with van der Waals surface area (Å²) in [7, 11) is 0. The third-order valence-electron chi connectivity index (χ3n) is 3.14. The molecule has 2 atom stereocenters. The molecule has 1 aromatic rings. The highest BCUT2D eigenvalue weighted by Crippen LogP contribution is 2.21. The molecule has 2 heterocycles. The Bertz CT molecular complexity index is 350. The van der Waals surface area contributed by atoms with Crippen LogP contribution >= 0.6 is 0 Å². The van der Waals surface area contributed by atoms with Gasteiger partial charge in [-0.15, -0.1) is 0 Å². The quantitative estimate of drug-likeness (QED) is 0.695. The smallest absolute Gasteiger partial charge is 0.322 e. The number of carboxylic acids is 1. The first-order valence-corrected chi connectivity index (χ1v) is 5.52. The molecule has 0 spiro atoms. The van der Waals surface area contributed by atoms with E-state index in [4.69, 9.17) is 5.11 Å². The molecule has 0 amide bonds. The molecule has 5 heteroatoms. The molecular formula is C11H17N3O2. The van der Waals surface area contributed by atoms with Gasteiger partial charge in [-0.2, -0.15) is 0 Å². The molecule has 16 heavy (non-hydrogen) atoms. The minimum Gasteiger partial charge on any atom is -0.480 e. The third kappa shape index (κ3) is 2.10. The molecule has 1 saturated heterocycles. The van der Waals surface area contributed by atoms with E-state index in [-0.39, 0.29) is 6.04 Å². The molecule has 5 nitrogen and oxygen atoms in total. The van der Waals surface area contributed by atoms with Crippen molar-refractivity contribution in [2.45, 2.75) is 19.0 Å². The minimum atomic E-state index is -0.759. The summed E-state index contributed by atoms with van der Waals surface area (Å²) in [4.78, 5) is 16.3. The van der Waals surface area contributed by atoms with Gasteiger partial charge >= 0.3 is 5.97 Å². The van der Waals surface area contributed by atoms with Crippen LogP contribution in [-0.2, 0) is 4.79 Å². The molecule has 1 aliphatic heterocycles. The zero-order valence-corrected chi connectivity index (χ0v) is 9.31. The van der Waals surface area contributed by atoms with Crippen molar-refractivity contribution >= 4 is 5.97 Å². The summed E-state index contributed by atoms with van der Waals surface area (Å²) in [5.41, 5.74) is 1.06. The monoisotopic (exact) mass is 223 g/mol. The van der Waals surface area contributed by atoms with Crippen LogP contribution in [0.5, 0.6) is 0 Å². The van der Waals surface area contributed by atoms with Gasteiger partial charge in [0.15, 0.2) is 0 Å². The molecule has 88 valence electrons. The van der Waals surface area contributed by atoms with Crippen molar-refractivity contribution in [1.82, 2.24) is 15.2 Å². The number of H-pyrrole nitrogens is 1. The van der Waals surface area contributed by atoms with Crippen LogP contribution in [-0.4, -0.2) is 46.6 Å². The molecular weight excluding hydrogens is 206 g/mol. The number of rotatable bonds is 3. The summed E-state index contributed by atoms with van der Waals surface area (Å²) < 4.78 is 0. The van der Waals surface area contributed by atoms with Gasteiger partial charge in [-0.05, 0) is 19.1 Å². The molecule has 0 unspecified atom stereocenters. The van der Waals surface area contributed by atoms with Crippen LogP contribution in [0.3, 0.4) is 0 Å². The fraction of sp³-hybridized carbons (Fsp3) is 0.545. The number of carbonyl (C=O) groups is 1. The number of hydrogen-bond donors (Lipinski definition) is 3. The van der Waals surface area contributed by atoms with Crippen LogP contribution in [0.25, 0.3) is 0 Å². The number of hydrogen-bond acceptors (Lipinski definition) is 3. The Labute approximate surface area is 94.5 Å². The number of aromatic amines is 1. The van der Waals surface area contributed by atoms with Crippen molar-refractivity contribution < 1.29 is 9.90 Å². The van der Waals surface area contributed by atoms with E-state index in [1.54, 1.807) is 0 Å². The average molecular weight is 223 g/mol. The van der Waals surface area contributed by atoms with Gasteiger partial charge in [0.05, 0.1) is 0 Å². The van der Waals surface area contributed by atoms with Crippen LogP contribution in [0, 0.1) is 0 Å². The molecule has 0 aliphatic carbocycles. The van der Waals surface area contributed by atoms with Gasteiger partial charge in [-0.1, -0.05) is 0 Å². The molecule has 0 bridgehead atoms. The Hall–Kier alpha value is -1.33.